The zero-order valence-electron chi connectivity index (χ0n) is 11.2. The van der Waals surface area contributed by atoms with Gasteiger partial charge in [0.15, 0.2) is 0 Å². The largest absolute Gasteiger partial charge is 0.396 e. The summed E-state index contributed by atoms with van der Waals surface area (Å²) in [5.41, 5.74) is 4.64. The van der Waals surface area contributed by atoms with E-state index >= 15 is 0 Å². The van der Waals surface area contributed by atoms with Gasteiger partial charge in [0.25, 0.3) is 0 Å². The number of aromatic nitrogens is 2. The molecule has 98 valence electrons. The molecule has 0 atom stereocenters. The second kappa shape index (κ2) is 5.50. The van der Waals surface area contributed by atoms with Crippen LogP contribution in [0.2, 0.25) is 0 Å². The predicted octanol–water partition coefficient (Wildman–Crippen LogP) is 2.18. The minimum atomic E-state index is 0.191. The lowest BCUT2D eigenvalue weighted by molar-refractivity contribution is 0.173. The van der Waals surface area contributed by atoms with Gasteiger partial charge in [-0.2, -0.15) is 0 Å². The maximum atomic E-state index is 8.99. The normalized spacial score (nSPS) is 11.3. The van der Waals surface area contributed by atoms with Crippen molar-refractivity contribution in [1.29, 1.82) is 0 Å². The molecule has 4 nitrogen and oxygen atoms in total. The van der Waals surface area contributed by atoms with E-state index in [1.165, 1.54) is 11.1 Å². The Morgan fingerprint density at radius 2 is 2.00 bits per heavy atom. The van der Waals surface area contributed by atoms with Crippen LogP contribution in [0.3, 0.4) is 0 Å². The van der Waals surface area contributed by atoms with E-state index in [4.69, 9.17) is 9.84 Å². The van der Waals surface area contributed by atoms with Crippen LogP contribution in [0.15, 0.2) is 12.1 Å². The molecule has 0 spiro atoms. The van der Waals surface area contributed by atoms with Crippen molar-refractivity contribution in [2.45, 2.75) is 33.4 Å². The summed E-state index contributed by atoms with van der Waals surface area (Å²) in [4.78, 5) is 4.61. The third kappa shape index (κ3) is 2.40. The van der Waals surface area contributed by atoms with Crippen molar-refractivity contribution in [3.05, 3.63) is 29.1 Å². The van der Waals surface area contributed by atoms with Gasteiger partial charge in [0, 0.05) is 20.3 Å². The molecule has 0 unspecified atom stereocenters. The van der Waals surface area contributed by atoms with Gasteiger partial charge in [0.2, 0.25) is 0 Å². The van der Waals surface area contributed by atoms with Gasteiger partial charge in [-0.3, -0.25) is 0 Å². The second-order valence-corrected chi connectivity index (χ2v) is 4.62. The van der Waals surface area contributed by atoms with Crippen LogP contribution in [0.25, 0.3) is 11.0 Å². The SMILES string of the molecule is COCc1nc2cc(C)c(C)cc2n1CCCO. The van der Waals surface area contributed by atoms with E-state index in [1.807, 2.05) is 0 Å². The average Bonchev–Trinajstić information content (AvgIpc) is 2.65. The van der Waals surface area contributed by atoms with Gasteiger partial charge in [-0.1, -0.05) is 0 Å². The van der Waals surface area contributed by atoms with Crippen molar-refractivity contribution in [3.63, 3.8) is 0 Å². The molecule has 2 rings (SSSR count). The van der Waals surface area contributed by atoms with Gasteiger partial charge >= 0.3 is 0 Å². The predicted molar refractivity (Wildman–Crippen MR) is 71.6 cm³/mol. The third-order valence-electron chi connectivity index (χ3n) is 3.26. The fourth-order valence-electron chi connectivity index (χ4n) is 2.15. The van der Waals surface area contributed by atoms with Crippen LogP contribution in [0.5, 0.6) is 0 Å². The number of fused-ring (bicyclic) bond motifs is 1. The number of benzene rings is 1. The van der Waals surface area contributed by atoms with Crippen LogP contribution in [0.4, 0.5) is 0 Å². The fraction of sp³-hybridized carbons (Fsp3) is 0.500. The highest BCUT2D eigenvalue weighted by atomic mass is 16.5. The summed E-state index contributed by atoms with van der Waals surface area (Å²) in [5, 5.41) is 8.99. The highest BCUT2D eigenvalue weighted by Gasteiger charge is 2.11. The number of hydrogen-bond donors (Lipinski definition) is 1. The molecule has 0 fully saturated rings. The first-order chi connectivity index (χ1) is 8.67. The number of aliphatic hydroxyl groups is 1. The van der Waals surface area contributed by atoms with E-state index in [9.17, 15) is 0 Å². The summed E-state index contributed by atoms with van der Waals surface area (Å²) < 4.78 is 7.33. The number of aliphatic hydroxyl groups excluding tert-OH is 1. The first kappa shape index (κ1) is 13.1. The standard InChI is InChI=1S/C14H20N2O2/c1-10-7-12-13(8-11(10)2)16(5-4-6-17)14(15-12)9-18-3/h7-8,17H,4-6,9H2,1-3H3. The number of methoxy groups -OCH3 is 1. The molecule has 1 N–H and O–H groups in total. The van der Waals surface area contributed by atoms with Gasteiger partial charge in [0.1, 0.15) is 12.4 Å². The number of aryl methyl sites for hydroxylation is 3. The highest BCUT2D eigenvalue weighted by Crippen LogP contribution is 2.21. The monoisotopic (exact) mass is 248 g/mol. The van der Waals surface area contributed by atoms with E-state index in [-0.39, 0.29) is 6.61 Å². The van der Waals surface area contributed by atoms with Crippen molar-refractivity contribution in [3.8, 4) is 0 Å². The highest BCUT2D eigenvalue weighted by molar-refractivity contribution is 5.78. The van der Waals surface area contributed by atoms with Crippen molar-refractivity contribution < 1.29 is 9.84 Å². The summed E-state index contributed by atoms with van der Waals surface area (Å²) in [6.07, 6.45) is 0.731. The minimum absolute atomic E-state index is 0.191. The van der Waals surface area contributed by atoms with E-state index < -0.39 is 0 Å². The topological polar surface area (TPSA) is 47.3 Å². The summed E-state index contributed by atoms with van der Waals surface area (Å²) in [6.45, 7) is 5.66. The van der Waals surface area contributed by atoms with Crippen molar-refractivity contribution in [2.75, 3.05) is 13.7 Å². The minimum Gasteiger partial charge on any atom is -0.396 e. The van der Waals surface area contributed by atoms with Gasteiger partial charge in [0.05, 0.1) is 11.0 Å². The number of imidazole rings is 1. The van der Waals surface area contributed by atoms with Crippen LogP contribution >= 0.6 is 0 Å². The van der Waals surface area contributed by atoms with Crippen LogP contribution in [-0.4, -0.2) is 28.4 Å². The smallest absolute Gasteiger partial charge is 0.135 e. The Hall–Kier alpha value is -1.39. The molecule has 1 aromatic heterocycles. The molecule has 0 aliphatic carbocycles. The summed E-state index contributed by atoms with van der Waals surface area (Å²) >= 11 is 0. The van der Waals surface area contributed by atoms with Crippen LogP contribution < -0.4 is 0 Å². The summed E-state index contributed by atoms with van der Waals surface area (Å²) in [5.74, 6) is 0.922. The Balaban J connectivity index is 2.53. The van der Waals surface area contributed by atoms with Gasteiger partial charge in [-0.25, -0.2) is 4.98 Å². The number of ether oxygens (including phenoxy) is 1. The maximum Gasteiger partial charge on any atom is 0.135 e. The second-order valence-electron chi connectivity index (χ2n) is 4.62. The molecule has 0 aliphatic rings. The lowest BCUT2D eigenvalue weighted by Crippen LogP contribution is -2.06. The molecule has 0 radical (unpaired) electrons. The quantitative estimate of drug-likeness (QED) is 0.882. The van der Waals surface area contributed by atoms with E-state index in [0.29, 0.717) is 6.61 Å². The molecule has 0 saturated heterocycles. The lowest BCUT2D eigenvalue weighted by Gasteiger charge is -2.08. The molecule has 1 aromatic carbocycles. The molecule has 18 heavy (non-hydrogen) atoms. The zero-order chi connectivity index (χ0) is 13.1. The molecule has 0 bridgehead atoms. The first-order valence-electron chi connectivity index (χ1n) is 6.23. The summed E-state index contributed by atoms with van der Waals surface area (Å²) in [6, 6.07) is 4.27. The molecular weight excluding hydrogens is 228 g/mol. The van der Waals surface area contributed by atoms with Gasteiger partial charge < -0.3 is 14.4 Å². The molecule has 0 aliphatic heterocycles. The number of rotatable bonds is 5. The lowest BCUT2D eigenvalue weighted by atomic mass is 10.1. The Bertz CT molecular complexity index is 546. The first-order valence-corrected chi connectivity index (χ1v) is 6.23. The van der Waals surface area contributed by atoms with Crippen LogP contribution in [0.1, 0.15) is 23.4 Å². The molecule has 1 heterocycles. The Labute approximate surface area is 107 Å². The van der Waals surface area contributed by atoms with Crippen molar-refractivity contribution >= 4 is 11.0 Å². The maximum absolute atomic E-state index is 8.99. The summed E-state index contributed by atoms with van der Waals surface area (Å²) in [7, 11) is 1.67. The Kier molecular flexibility index (Phi) is 3.99. The molecule has 0 saturated carbocycles. The number of nitrogens with zero attached hydrogens (tertiary/aromatic N) is 2. The van der Waals surface area contributed by atoms with Gasteiger partial charge in [-0.05, 0) is 43.5 Å². The van der Waals surface area contributed by atoms with E-state index in [0.717, 1.165) is 29.8 Å². The molecular formula is C14H20N2O2. The van der Waals surface area contributed by atoms with Crippen LogP contribution in [0, 0.1) is 13.8 Å². The molecule has 2 aromatic rings. The molecule has 4 heteroatoms. The number of hydrogen-bond acceptors (Lipinski definition) is 3. The van der Waals surface area contributed by atoms with E-state index in [1.54, 1.807) is 7.11 Å². The fourth-order valence-corrected chi connectivity index (χ4v) is 2.15. The zero-order valence-corrected chi connectivity index (χ0v) is 11.2. The molecule has 0 amide bonds. The van der Waals surface area contributed by atoms with Gasteiger partial charge in [-0.15, -0.1) is 0 Å². The third-order valence-corrected chi connectivity index (χ3v) is 3.26. The average molecular weight is 248 g/mol. The van der Waals surface area contributed by atoms with Crippen LogP contribution in [-0.2, 0) is 17.9 Å². The van der Waals surface area contributed by atoms with Crippen molar-refractivity contribution in [1.82, 2.24) is 9.55 Å². The van der Waals surface area contributed by atoms with Crippen molar-refractivity contribution in [2.24, 2.45) is 0 Å². The van der Waals surface area contributed by atoms with E-state index in [2.05, 4.69) is 35.5 Å². The Morgan fingerprint density at radius 1 is 1.28 bits per heavy atom. The Morgan fingerprint density at radius 3 is 2.67 bits per heavy atom.